The number of ether oxygens (including phenoxy) is 1. The molecule has 0 aliphatic carbocycles. The number of rotatable bonds is 10. The van der Waals surface area contributed by atoms with Crippen molar-refractivity contribution in [3.63, 3.8) is 0 Å². The van der Waals surface area contributed by atoms with Crippen LogP contribution in [-0.2, 0) is 25.3 Å². The molecule has 9 nitrogen and oxygen atoms in total. The maximum absolute atomic E-state index is 12.2. The number of nitrogens with one attached hydrogen (secondary N) is 1. The number of halogens is 1. The van der Waals surface area contributed by atoms with Crippen LogP contribution >= 0.6 is 19.2 Å². The van der Waals surface area contributed by atoms with Gasteiger partial charge < -0.3 is 26.0 Å². The first-order valence-electron chi connectivity index (χ1n) is 8.90. The molecule has 0 spiro atoms. The van der Waals surface area contributed by atoms with Gasteiger partial charge in [0.1, 0.15) is 5.88 Å². The number of nitrogens with zero attached hydrogens (tertiary/aromatic N) is 1. The molecule has 12 heteroatoms. The molecule has 1 aromatic carbocycles. The summed E-state index contributed by atoms with van der Waals surface area (Å²) in [7, 11) is -2.46. The Hall–Kier alpha value is 0.156. The summed E-state index contributed by atoms with van der Waals surface area (Å²) in [6.07, 6.45) is 0.280. The monoisotopic (exact) mass is 492 g/mol. The smallest absolute Gasteiger partial charge is 1.00 e. The number of carbonyl (C=O) groups is 2. The van der Waals surface area contributed by atoms with Crippen molar-refractivity contribution in [2.75, 3.05) is 37.3 Å². The average molecular weight is 493 g/mol. The van der Waals surface area contributed by atoms with Crippen molar-refractivity contribution < 1.29 is 86.6 Å². The van der Waals surface area contributed by atoms with Crippen LogP contribution in [0.4, 0.5) is 5.69 Å². The number of benzene rings is 1. The first kappa shape index (κ1) is 32.3. The molecule has 0 aliphatic heterocycles. The molecule has 0 bridgehead atoms. The second-order valence-electron chi connectivity index (χ2n) is 6.28. The number of hydrogen-bond donors (Lipinski definition) is 4. The minimum absolute atomic E-state index is 0. The Balaban J connectivity index is -0.000000563. The van der Waals surface area contributed by atoms with Crippen molar-refractivity contribution in [2.24, 2.45) is 0 Å². The van der Waals surface area contributed by atoms with E-state index < -0.39 is 26.4 Å². The van der Waals surface area contributed by atoms with Gasteiger partial charge >= 0.3 is 64.9 Å². The van der Waals surface area contributed by atoms with Gasteiger partial charge in [-0.3, -0.25) is 19.5 Å². The minimum atomic E-state index is -4.10. The van der Waals surface area contributed by atoms with E-state index in [-0.39, 0.29) is 70.6 Å². The maximum Gasteiger partial charge on any atom is 1.00 e. The molecular weight excluding hydrogens is 462 g/mol. The zero-order chi connectivity index (χ0) is 22.6. The first-order valence-corrected chi connectivity index (χ1v) is 11.2. The molecule has 0 radical (unpaired) electrons. The van der Waals surface area contributed by atoms with Crippen molar-refractivity contribution in [3.8, 4) is 0 Å². The number of aliphatic carboxylic acids is 1. The number of amides is 1. The van der Waals surface area contributed by atoms with Crippen molar-refractivity contribution in [3.05, 3.63) is 29.3 Å². The van der Waals surface area contributed by atoms with Crippen molar-refractivity contribution in [1.29, 1.82) is 0 Å². The zero-order valence-corrected chi connectivity index (χ0v) is 22.9. The van der Waals surface area contributed by atoms with Crippen molar-refractivity contribution in [2.45, 2.75) is 33.2 Å². The van der Waals surface area contributed by atoms with Crippen LogP contribution in [0.2, 0.25) is 0 Å². The number of carboxylic acid groups (broad SMARTS) is 1. The Bertz CT molecular complexity index is 724. The summed E-state index contributed by atoms with van der Waals surface area (Å²) < 4.78 is 15.2. The number of alkyl halides is 1. The van der Waals surface area contributed by atoms with Gasteiger partial charge in [0.15, 0.2) is 0 Å². The Morgan fingerprint density at radius 3 is 2.40 bits per heavy atom. The van der Waals surface area contributed by atoms with Gasteiger partial charge in [-0.25, -0.2) is 0 Å². The number of aryl methyl sites for hydroxylation is 2. The second-order valence-corrected chi connectivity index (χ2v) is 8.19. The third-order valence-corrected chi connectivity index (χ3v) is 4.63. The molecule has 0 saturated carbocycles. The van der Waals surface area contributed by atoms with Crippen molar-refractivity contribution in [1.82, 2.24) is 5.32 Å². The summed E-state index contributed by atoms with van der Waals surface area (Å²) in [6.45, 7) is 6.12. The Labute approximate surface area is 226 Å². The van der Waals surface area contributed by atoms with Gasteiger partial charge in [0.2, 0.25) is 5.91 Å². The predicted octanol–water partition coefficient (Wildman–Crippen LogP) is -0.924. The molecule has 1 unspecified atom stereocenters. The standard InChI is InChI=1S/C15H22ClNO2.C3H8NO5P.K.H/c1-5-13-8-6-7-11(2)15(13)17(14(18)9-16)12(3)10-19-4;5-3(6)1-4-2-10(7,8)9;;/h6-8,12H,5,9-10H2,1-4H3;4H,1-2H2,(H,5,6)(H2,7,8,9);;/q;;+1;-1. The third-order valence-electron chi connectivity index (χ3n) is 3.77. The van der Waals surface area contributed by atoms with Gasteiger partial charge in [0.05, 0.1) is 31.2 Å². The van der Waals surface area contributed by atoms with Crippen LogP contribution in [0.3, 0.4) is 0 Å². The molecule has 30 heavy (non-hydrogen) atoms. The number of carbonyl (C=O) groups excluding carboxylic acids is 1. The molecular formula is C18H31ClKN2O7P. The van der Waals surface area contributed by atoms with Crippen LogP contribution in [0.15, 0.2) is 18.2 Å². The van der Waals surface area contributed by atoms with E-state index in [4.69, 9.17) is 31.2 Å². The molecule has 4 N–H and O–H groups in total. The third kappa shape index (κ3) is 12.9. The summed E-state index contributed by atoms with van der Waals surface area (Å²) in [4.78, 5) is 40.1. The second kappa shape index (κ2) is 16.7. The van der Waals surface area contributed by atoms with Crippen molar-refractivity contribution >= 4 is 36.8 Å². The van der Waals surface area contributed by atoms with Gasteiger partial charge in [-0.15, -0.1) is 11.6 Å². The van der Waals surface area contributed by atoms with E-state index in [2.05, 4.69) is 18.3 Å². The number of carboxylic acids is 1. The van der Waals surface area contributed by atoms with E-state index in [1.54, 1.807) is 12.0 Å². The minimum Gasteiger partial charge on any atom is -1.00 e. The topological polar surface area (TPSA) is 136 Å². The van der Waals surface area contributed by atoms with E-state index in [1.165, 1.54) is 0 Å². The molecule has 168 valence electrons. The molecule has 0 aliphatic rings. The maximum atomic E-state index is 12.2. The summed E-state index contributed by atoms with van der Waals surface area (Å²) in [5, 5.41) is 10.1. The molecule has 1 amide bonds. The van der Waals surface area contributed by atoms with E-state index >= 15 is 0 Å². The number of methoxy groups -OCH3 is 1. The van der Waals surface area contributed by atoms with Crippen LogP contribution in [0, 0.1) is 6.92 Å². The Morgan fingerprint density at radius 2 is 1.97 bits per heavy atom. The normalized spacial score (nSPS) is 11.6. The van der Waals surface area contributed by atoms with Crippen LogP contribution in [0.1, 0.15) is 26.4 Å². The van der Waals surface area contributed by atoms with Gasteiger partial charge in [-0.05, 0) is 31.4 Å². The number of hydrogen-bond acceptors (Lipinski definition) is 5. The molecule has 0 aromatic heterocycles. The molecule has 0 saturated heterocycles. The molecule has 1 atom stereocenters. The molecule has 0 heterocycles. The summed E-state index contributed by atoms with van der Waals surface area (Å²) in [6, 6.07) is 6.05. The van der Waals surface area contributed by atoms with E-state index in [9.17, 15) is 14.2 Å². The summed E-state index contributed by atoms with van der Waals surface area (Å²) in [5.41, 5.74) is 3.21. The summed E-state index contributed by atoms with van der Waals surface area (Å²) in [5.74, 6) is -1.25. The van der Waals surface area contributed by atoms with Crippen LogP contribution < -0.4 is 61.6 Å². The largest absolute Gasteiger partial charge is 1.00 e. The fraction of sp³-hybridized carbons (Fsp3) is 0.556. The van der Waals surface area contributed by atoms with Crippen LogP contribution in [-0.4, -0.2) is 65.2 Å². The van der Waals surface area contributed by atoms with E-state index in [0.717, 1.165) is 23.2 Å². The number of para-hydroxylation sites is 1. The predicted molar refractivity (Wildman–Crippen MR) is 114 cm³/mol. The SMILES string of the molecule is CCc1cccc(C)c1N(C(=O)CCl)C(C)COC.O=C(O)CNCP(=O)(O)O.[H-].[K+]. The Kier molecular flexibility index (Phi) is 18.0. The molecule has 1 rings (SSSR count). The summed E-state index contributed by atoms with van der Waals surface area (Å²) >= 11 is 5.76. The zero-order valence-electron chi connectivity index (χ0n) is 19.1. The fourth-order valence-electron chi connectivity index (χ4n) is 2.63. The number of anilines is 1. The Morgan fingerprint density at radius 1 is 1.37 bits per heavy atom. The fourth-order valence-corrected chi connectivity index (χ4v) is 3.16. The quantitative estimate of drug-likeness (QED) is 0.187. The van der Waals surface area contributed by atoms with Gasteiger partial charge in [0, 0.05) is 7.11 Å². The van der Waals surface area contributed by atoms with Crippen LogP contribution in [0.25, 0.3) is 0 Å². The first-order chi connectivity index (χ1) is 13.5. The van der Waals surface area contributed by atoms with Gasteiger partial charge in [-0.2, -0.15) is 0 Å². The van der Waals surface area contributed by atoms with Gasteiger partial charge in [-0.1, -0.05) is 25.1 Å². The van der Waals surface area contributed by atoms with Crippen LogP contribution in [0.5, 0.6) is 0 Å². The molecule has 0 fully saturated rings. The van der Waals surface area contributed by atoms with E-state index in [1.807, 2.05) is 26.0 Å². The van der Waals surface area contributed by atoms with Gasteiger partial charge in [0.25, 0.3) is 0 Å². The average Bonchev–Trinajstić information content (AvgIpc) is 2.62. The molecule has 1 aromatic rings. The van der Waals surface area contributed by atoms with E-state index in [0.29, 0.717) is 6.61 Å².